The van der Waals surface area contributed by atoms with Crippen LogP contribution in [0.1, 0.15) is 10.4 Å². The highest BCUT2D eigenvalue weighted by Gasteiger charge is 2.07. The highest BCUT2D eigenvalue weighted by Crippen LogP contribution is 2.22. The van der Waals surface area contributed by atoms with Crippen molar-refractivity contribution >= 4 is 17.6 Å². The molecule has 0 spiro atoms. The van der Waals surface area contributed by atoms with Gasteiger partial charge >= 0.3 is 5.97 Å². The Hall–Kier alpha value is -1.22. The van der Waals surface area contributed by atoms with E-state index in [0.717, 1.165) is 6.07 Å². The van der Waals surface area contributed by atoms with E-state index in [1.807, 2.05) is 0 Å². The van der Waals surface area contributed by atoms with E-state index in [0.29, 0.717) is 0 Å². The molecule has 0 radical (unpaired) electrons. The second-order valence-corrected chi connectivity index (χ2v) is 2.33. The first-order chi connectivity index (χ1) is 5.13. The zero-order valence-corrected chi connectivity index (χ0v) is 6.13. The summed E-state index contributed by atoms with van der Waals surface area (Å²) in [7, 11) is 0. The Morgan fingerprint density at radius 2 is 2.18 bits per heavy atom. The van der Waals surface area contributed by atoms with Crippen LogP contribution in [0.25, 0.3) is 0 Å². The van der Waals surface area contributed by atoms with Crippen LogP contribution in [-0.2, 0) is 0 Å². The predicted molar refractivity (Wildman–Crippen MR) is 37.9 cm³/mol. The number of aromatic carboxylic acids is 1. The van der Waals surface area contributed by atoms with E-state index in [4.69, 9.17) is 16.7 Å². The van der Waals surface area contributed by atoms with Crippen LogP contribution in [0.15, 0.2) is 18.2 Å². The van der Waals surface area contributed by atoms with Crippen molar-refractivity contribution in [2.24, 2.45) is 0 Å². The molecule has 0 bridgehead atoms. The Bertz CT molecular complexity index is 275. The SMILES string of the molecule is O=C(O)c1c([O-])cccc1Cl. The third-order valence-corrected chi connectivity index (χ3v) is 1.50. The summed E-state index contributed by atoms with van der Waals surface area (Å²) in [6.07, 6.45) is 0. The molecule has 1 aromatic rings. The lowest BCUT2D eigenvalue weighted by atomic mass is 10.2. The number of halogens is 1. The Morgan fingerprint density at radius 3 is 2.55 bits per heavy atom. The van der Waals surface area contributed by atoms with Gasteiger partial charge in [0, 0.05) is 0 Å². The van der Waals surface area contributed by atoms with Crippen molar-refractivity contribution in [1.29, 1.82) is 0 Å². The summed E-state index contributed by atoms with van der Waals surface area (Å²) in [4.78, 5) is 10.4. The molecule has 1 N–H and O–H groups in total. The minimum atomic E-state index is -1.29. The summed E-state index contributed by atoms with van der Waals surface area (Å²) in [5, 5.41) is 19.3. The quantitative estimate of drug-likeness (QED) is 0.689. The summed E-state index contributed by atoms with van der Waals surface area (Å²) in [6.45, 7) is 0. The molecule has 0 heterocycles. The maximum Gasteiger partial charge on any atom is 0.336 e. The molecule has 0 aliphatic heterocycles. The molecule has 0 aromatic heterocycles. The van der Waals surface area contributed by atoms with Gasteiger partial charge in [-0.3, -0.25) is 0 Å². The van der Waals surface area contributed by atoms with Crippen molar-refractivity contribution < 1.29 is 15.0 Å². The summed E-state index contributed by atoms with van der Waals surface area (Å²) >= 11 is 5.44. The van der Waals surface area contributed by atoms with Crippen LogP contribution in [0.5, 0.6) is 5.75 Å². The maximum absolute atomic E-state index is 10.8. The van der Waals surface area contributed by atoms with Gasteiger partial charge in [0.1, 0.15) is 0 Å². The first-order valence-corrected chi connectivity index (χ1v) is 3.19. The number of rotatable bonds is 1. The zero-order chi connectivity index (χ0) is 8.43. The number of carboxylic acid groups (broad SMARTS) is 1. The lowest BCUT2D eigenvalue weighted by Gasteiger charge is -2.09. The number of hydrogen-bond acceptors (Lipinski definition) is 2. The van der Waals surface area contributed by atoms with Gasteiger partial charge < -0.3 is 10.2 Å². The number of carbonyl (C=O) groups is 1. The van der Waals surface area contributed by atoms with Crippen molar-refractivity contribution in [2.45, 2.75) is 0 Å². The molecule has 0 aliphatic rings. The molecule has 4 heteroatoms. The highest BCUT2D eigenvalue weighted by molar-refractivity contribution is 6.33. The van der Waals surface area contributed by atoms with E-state index < -0.39 is 11.7 Å². The molecule has 11 heavy (non-hydrogen) atoms. The van der Waals surface area contributed by atoms with Crippen molar-refractivity contribution in [1.82, 2.24) is 0 Å². The van der Waals surface area contributed by atoms with Gasteiger partial charge in [0.05, 0.1) is 10.6 Å². The van der Waals surface area contributed by atoms with E-state index >= 15 is 0 Å². The number of benzene rings is 1. The van der Waals surface area contributed by atoms with Gasteiger partial charge in [0.25, 0.3) is 0 Å². The maximum atomic E-state index is 10.8. The number of hydrogen-bond donors (Lipinski definition) is 1. The fourth-order valence-electron chi connectivity index (χ4n) is 0.712. The Labute approximate surface area is 67.8 Å². The molecular weight excluding hydrogens is 168 g/mol. The molecule has 58 valence electrons. The van der Waals surface area contributed by atoms with Crippen molar-refractivity contribution in [2.75, 3.05) is 0 Å². The Kier molecular flexibility index (Phi) is 2.01. The average molecular weight is 172 g/mol. The van der Waals surface area contributed by atoms with Crippen LogP contribution in [-0.4, -0.2) is 11.1 Å². The predicted octanol–water partition coefficient (Wildman–Crippen LogP) is 1.11. The summed E-state index contributed by atoms with van der Waals surface area (Å²) in [5.74, 6) is -1.86. The molecule has 0 aliphatic carbocycles. The van der Waals surface area contributed by atoms with E-state index in [9.17, 15) is 9.90 Å². The molecule has 1 aromatic carbocycles. The largest absolute Gasteiger partial charge is 0.872 e. The lowest BCUT2D eigenvalue weighted by Crippen LogP contribution is -2.03. The molecule has 0 fully saturated rings. The van der Waals surface area contributed by atoms with Gasteiger partial charge in [-0.2, -0.15) is 0 Å². The third-order valence-electron chi connectivity index (χ3n) is 1.19. The van der Waals surface area contributed by atoms with Gasteiger partial charge in [-0.05, 0) is 6.07 Å². The number of carboxylic acids is 1. The molecule has 0 unspecified atom stereocenters. The molecule has 0 saturated carbocycles. The minimum Gasteiger partial charge on any atom is -0.872 e. The normalized spacial score (nSPS) is 9.55. The van der Waals surface area contributed by atoms with Crippen molar-refractivity contribution in [3.05, 3.63) is 28.8 Å². The Balaban J connectivity index is 3.32. The van der Waals surface area contributed by atoms with Crippen LogP contribution < -0.4 is 5.11 Å². The van der Waals surface area contributed by atoms with E-state index in [1.165, 1.54) is 12.1 Å². The van der Waals surface area contributed by atoms with Crippen LogP contribution in [0.2, 0.25) is 5.02 Å². The summed E-state index contributed by atoms with van der Waals surface area (Å²) in [5.41, 5.74) is -0.367. The molecular formula is C7H4ClO3-. The van der Waals surface area contributed by atoms with Gasteiger partial charge in [-0.15, -0.1) is 0 Å². The molecule has 0 amide bonds. The monoisotopic (exact) mass is 171 g/mol. The van der Waals surface area contributed by atoms with E-state index in [-0.39, 0.29) is 10.6 Å². The van der Waals surface area contributed by atoms with Crippen LogP contribution in [0, 0.1) is 0 Å². The molecule has 3 nitrogen and oxygen atoms in total. The standard InChI is InChI=1S/C7H5ClO3/c8-4-2-1-3-5(9)6(4)7(10)11/h1-3,9H,(H,10,11)/p-1. The van der Waals surface area contributed by atoms with Gasteiger partial charge in [-0.25, -0.2) is 4.79 Å². The first kappa shape index (κ1) is 7.88. The second kappa shape index (κ2) is 2.80. The smallest absolute Gasteiger partial charge is 0.336 e. The molecule has 0 saturated heterocycles. The zero-order valence-electron chi connectivity index (χ0n) is 5.37. The first-order valence-electron chi connectivity index (χ1n) is 2.81. The van der Waals surface area contributed by atoms with Gasteiger partial charge in [0.2, 0.25) is 0 Å². The average Bonchev–Trinajstić information content (AvgIpc) is 1.85. The fraction of sp³-hybridized carbons (Fsp3) is 0. The van der Waals surface area contributed by atoms with Crippen LogP contribution >= 0.6 is 11.6 Å². The summed E-state index contributed by atoms with van der Waals surface area (Å²) < 4.78 is 0. The fourth-order valence-corrected chi connectivity index (χ4v) is 0.959. The molecule has 1 rings (SSSR count). The molecule has 0 atom stereocenters. The third kappa shape index (κ3) is 1.43. The summed E-state index contributed by atoms with van der Waals surface area (Å²) in [6, 6.07) is 3.94. The van der Waals surface area contributed by atoms with Crippen molar-refractivity contribution in [3.63, 3.8) is 0 Å². The Morgan fingerprint density at radius 1 is 1.55 bits per heavy atom. The van der Waals surface area contributed by atoms with Crippen molar-refractivity contribution in [3.8, 4) is 5.75 Å². The van der Waals surface area contributed by atoms with Gasteiger partial charge in [0.15, 0.2) is 0 Å². The van der Waals surface area contributed by atoms with Crippen LogP contribution in [0.4, 0.5) is 0 Å². The topological polar surface area (TPSA) is 60.4 Å². The van der Waals surface area contributed by atoms with E-state index in [1.54, 1.807) is 0 Å². The van der Waals surface area contributed by atoms with E-state index in [2.05, 4.69) is 0 Å². The lowest BCUT2D eigenvalue weighted by molar-refractivity contribution is -0.268. The van der Waals surface area contributed by atoms with Crippen LogP contribution in [0.3, 0.4) is 0 Å². The van der Waals surface area contributed by atoms with Gasteiger partial charge in [-0.1, -0.05) is 29.5 Å². The highest BCUT2D eigenvalue weighted by atomic mass is 35.5. The minimum absolute atomic E-state index is 0.0231. The second-order valence-electron chi connectivity index (χ2n) is 1.92.